The van der Waals surface area contributed by atoms with Crippen LogP contribution in [0.2, 0.25) is 0 Å². The predicted molar refractivity (Wildman–Crippen MR) is 70.2 cm³/mol. The first-order valence-electron chi connectivity index (χ1n) is 6.38. The Balaban J connectivity index is 1.79. The predicted octanol–water partition coefficient (Wildman–Crippen LogP) is 2.09. The molecular formula is C13H21N3O. The van der Waals surface area contributed by atoms with E-state index in [4.69, 9.17) is 0 Å². The van der Waals surface area contributed by atoms with Crippen molar-refractivity contribution in [2.24, 2.45) is 5.92 Å². The average Bonchev–Trinajstić information content (AvgIpc) is 2.31. The lowest BCUT2D eigenvalue weighted by Crippen LogP contribution is -2.33. The molecule has 0 atom stereocenters. The molecule has 0 spiro atoms. The van der Waals surface area contributed by atoms with Crippen molar-refractivity contribution in [3.8, 4) is 0 Å². The third-order valence-electron chi connectivity index (χ3n) is 3.12. The molecule has 0 saturated heterocycles. The van der Waals surface area contributed by atoms with Gasteiger partial charge in [-0.1, -0.05) is 6.92 Å². The topological polar surface area (TPSA) is 57.2 Å². The number of hydrogen-bond donors (Lipinski definition) is 3. The van der Waals surface area contributed by atoms with Crippen molar-refractivity contribution < 1.29 is 5.11 Å². The molecule has 4 heteroatoms. The maximum absolute atomic E-state index is 9.21. The van der Waals surface area contributed by atoms with Crippen LogP contribution in [0, 0.1) is 5.92 Å². The molecule has 3 N–H and O–H groups in total. The van der Waals surface area contributed by atoms with Crippen molar-refractivity contribution in [2.75, 3.05) is 23.7 Å². The molecule has 0 amide bonds. The van der Waals surface area contributed by atoms with Crippen LogP contribution in [0.25, 0.3) is 0 Å². The summed E-state index contributed by atoms with van der Waals surface area (Å²) in [6, 6.07) is 2.08. The van der Waals surface area contributed by atoms with Crippen LogP contribution in [-0.2, 0) is 0 Å². The third kappa shape index (κ3) is 3.60. The normalized spacial score (nSPS) is 22.9. The van der Waals surface area contributed by atoms with Crippen LogP contribution < -0.4 is 10.6 Å². The number of rotatable bonds is 6. The molecule has 1 saturated carbocycles. The van der Waals surface area contributed by atoms with Gasteiger partial charge in [-0.2, -0.15) is 0 Å². The van der Waals surface area contributed by atoms with E-state index < -0.39 is 0 Å². The number of nitrogens with zero attached hydrogens (tertiary/aromatic N) is 1. The molecule has 2 rings (SSSR count). The smallest absolute Gasteiger partial charge is 0.0547 e. The van der Waals surface area contributed by atoms with Crippen molar-refractivity contribution in [3.05, 3.63) is 18.5 Å². The van der Waals surface area contributed by atoms with Gasteiger partial charge in [-0.3, -0.25) is 4.98 Å². The summed E-state index contributed by atoms with van der Waals surface area (Å²) < 4.78 is 0. The second-order valence-electron chi connectivity index (χ2n) is 4.76. The highest BCUT2D eigenvalue weighted by Crippen LogP contribution is 2.27. The van der Waals surface area contributed by atoms with Crippen molar-refractivity contribution >= 4 is 11.4 Å². The summed E-state index contributed by atoms with van der Waals surface area (Å²) >= 11 is 0. The van der Waals surface area contributed by atoms with E-state index >= 15 is 0 Å². The van der Waals surface area contributed by atoms with Crippen molar-refractivity contribution in [3.63, 3.8) is 0 Å². The molecule has 0 radical (unpaired) electrons. The number of hydrogen-bond acceptors (Lipinski definition) is 4. The lowest BCUT2D eigenvalue weighted by atomic mass is 9.82. The first-order chi connectivity index (χ1) is 8.28. The molecule has 1 aromatic heterocycles. The fraction of sp³-hybridized carbons (Fsp3) is 0.615. The van der Waals surface area contributed by atoms with Gasteiger partial charge in [0.15, 0.2) is 0 Å². The summed E-state index contributed by atoms with van der Waals surface area (Å²) in [5, 5.41) is 15.9. The molecule has 1 fully saturated rings. The molecule has 0 unspecified atom stereocenters. The Bertz CT molecular complexity index is 350. The average molecular weight is 235 g/mol. The molecule has 1 heterocycles. The molecular weight excluding hydrogens is 214 g/mol. The van der Waals surface area contributed by atoms with Crippen LogP contribution in [0.1, 0.15) is 26.2 Å². The van der Waals surface area contributed by atoms with Gasteiger partial charge in [0.1, 0.15) is 0 Å². The Morgan fingerprint density at radius 2 is 2.00 bits per heavy atom. The van der Waals surface area contributed by atoms with Gasteiger partial charge < -0.3 is 15.7 Å². The fourth-order valence-electron chi connectivity index (χ4n) is 2.03. The Kier molecular flexibility index (Phi) is 4.20. The Morgan fingerprint density at radius 1 is 1.29 bits per heavy atom. The quantitative estimate of drug-likeness (QED) is 0.706. The summed E-state index contributed by atoms with van der Waals surface area (Å²) in [4.78, 5) is 4.20. The molecule has 94 valence electrons. The SMILES string of the molecule is CCCNc1cncc(NCC2CC(O)C2)c1. The van der Waals surface area contributed by atoms with Crippen molar-refractivity contribution in [1.82, 2.24) is 4.98 Å². The molecule has 1 aliphatic carbocycles. The highest BCUT2D eigenvalue weighted by Gasteiger charge is 2.26. The van der Waals surface area contributed by atoms with Gasteiger partial charge in [0.05, 0.1) is 29.9 Å². The molecule has 1 aliphatic rings. The summed E-state index contributed by atoms with van der Waals surface area (Å²) in [7, 11) is 0. The van der Waals surface area contributed by atoms with E-state index in [-0.39, 0.29) is 6.10 Å². The van der Waals surface area contributed by atoms with Gasteiger partial charge >= 0.3 is 0 Å². The highest BCUT2D eigenvalue weighted by molar-refractivity contribution is 5.53. The standard InChI is InChI=1S/C13H21N3O/c1-2-3-15-11-6-12(9-14-8-11)16-7-10-4-13(17)5-10/h6,8-10,13,15-17H,2-5,7H2,1H3. The largest absolute Gasteiger partial charge is 0.393 e. The zero-order chi connectivity index (χ0) is 12.1. The monoisotopic (exact) mass is 235 g/mol. The van der Waals surface area contributed by atoms with E-state index in [9.17, 15) is 5.11 Å². The zero-order valence-corrected chi connectivity index (χ0v) is 10.3. The Hall–Kier alpha value is -1.29. The van der Waals surface area contributed by atoms with Gasteiger partial charge in [-0.15, -0.1) is 0 Å². The number of nitrogens with one attached hydrogen (secondary N) is 2. The minimum Gasteiger partial charge on any atom is -0.393 e. The van der Waals surface area contributed by atoms with Gasteiger partial charge in [-0.25, -0.2) is 0 Å². The Morgan fingerprint density at radius 3 is 2.65 bits per heavy atom. The molecule has 1 aromatic rings. The molecule has 0 bridgehead atoms. The second-order valence-corrected chi connectivity index (χ2v) is 4.76. The first-order valence-corrected chi connectivity index (χ1v) is 6.38. The van der Waals surface area contributed by atoms with Gasteiger partial charge in [0.2, 0.25) is 0 Å². The maximum Gasteiger partial charge on any atom is 0.0547 e. The van der Waals surface area contributed by atoms with E-state index in [2.05, 4.69) is 28.6 Å². The number of aliphatic hydroxyl groups excluding tert-OH is 1. The van der Waals surface area contributed by atoms with Crippen LogP contribution >= 0.6 is 0 Å². The molecule has 17 heavy (non-hydrogen) atoms. The first kappa shape index (κ1) is 12.2. The second kappa shape index (κ2) is 5.87. The van der Waals surface area contributed by atoms with Gasteiger partial charge in [-0.05, 0) is 31.2 Å². The van der Waals surface area contributed by atoms with E-state index in [0.29, 0.717) is 5.92 Å². The van der Waals surface area contributed by atoms with Crippen molar-refractivity contribution in [1.29, 1.82) is 0 Å². The number of pyridine rings is 1. The maximum atomic E-state index is 9.21. The molecule has 4 nitrogen and oxygen atoms in total. The summed E-state index contributed by atoms with van der Waals surface area (Å²) in [6.45, 7) is 4.04. The molecule has 0 aromatic carbocycles. The van der Waals surface area contributed by atoms with E-state index in [1.54, 1.807) is 0 Å². The van der Waals surface area contributed by atoms with Crippen LogP contribution in [0.5, 0.6) is 0 Å². The van der Waals surface area contributed by atoms with Gasteiger partial charge in [0.25, 0.3) is 0 Å². The summed E-state index contributed by atoms with van der Waals surface area (Å²) in [5.74, 6) is 0.609. The van der Waals surface area contributed by atoms with Crippen LogP contribution in [-0.4, -0.2) is 29.3 Å². The minimum absolute atomic E-state index is 0.0718. The van der Waals surface area contributed by atoms with Crippen LogP contribution in [0.15, 0.2) is 18.5 Å². The van der Waals surface area contributed by atoms with Crippen molar-refractivity contribution in [2.45, 2.75) is 32.3 Å². The van der Waals surface area contributed by atoms with Gasteiger partial charge in [0, 0.05) is 13.1 Å². The third-order valence-corrected chi connectivity index (χ3v) is 3.12. The zero-order valence-electron chi connectivity index (χ0n) is 10.3. The lowest BCUT2D eigenvalue weighted by molar-refractivity contribution is 0.0487. The minimum atomic E-state index is -0.0718. The van der Waals surface area contributed by atoms with E-state index in [0.717, 1.165) is 43.7 Å². The van der Waals surface area contributed by atoms with Crippen LogP contribution in [0.4, 0.5) is 11.4 Å². The number of anilines is 2. The summed E-state index contributed by atoms with van der Waals surface area (Å²) in [6.07, 6.45) is 6.57. The van der Waals surface area contributed by atoms with E-state index in [1.807, 2.05) is 12.4 Å². The Labute approximate surface area is 102 Å². The fourth-order valence-corrected chi connectivity index (χ4v) is 2.03. The number of aliphatic hydroxyl groups is 1. The number of aromatic nitrogens is 1. The molecule has 0 aliphatic heterocycles. The lowest BCUT2D eigenvalue weighted by Gasteiger charge is -2.31. The van der Waals surface area contributed by atoms with Crippen LogP contribution in [0.3, 0.4) is 0 Å². The highest BCUT2D eigenvalue weighted by atomic mass is 16.3. The summed E-state index contributed by atoms with van der Waals surface area (Å²) in [5.41, 5.74) is 2.11. The van der Waals surface area contributed by atoms with E-state index in [1.165, 1.54) is 0 Å².